The third-order valence-electron chi connectivity index (χ3n) is 5.37. The number of nitrogens with zero attached hydrogens (tertiary/aromatic N) is 3. The van der Waals surface area contributed by atoms with Crippen LogP contribution in [-0.2, 0) is 0 Å². The summed E-state index contributed by atoms with van der Waals surface area (Å²) in [6, 6.07) is 20.2. The van der Waals surface area contributed by atoms with Gasteiger partial charge in [0.25, 0.3) is 5.91 Å². The topological polar surface area (TPSA) is 48.5 Å². The highest BCUT2D eigenvalue weighted by molar-refractivity contribution is 6.05. The number of amides is 1. The molecule has 1 N–H and O–H groups in total. The summed E-state index contributed by atoms with van der Waals surface area (Å²) in [5.41, 5.74) is 4.90. The maximum absolute atomic E-state index is 12.8. The minimum absolute atomic E-state index is 0.106. The lowest BCUT2D eigenvalue weighted by molar-refractivity contribution is 0.102. The largest absolute Gasteiger partial charge is 0.368 e. The van der Waals surface area contributed by atoms with Crippen LogP contribution in [0.15, 0.2) is 66.9 Å². The van der Waals surface area contributed by atoms with Gasteiger partial charge in [0.2, 0.25) is 0 Å². The molecular weight excluding hydrogens is 360 g/mol. The van der Waals surface area contributed by atoms with Gasteiger partial charge in [-0.3, -0.25) is 4.79 Å². The van der Waals surface area contributed by atoms with Crippen molar-refractivity contribution in [2.24, 2.45) is 0 Å². The number of anilines is 3. The maximum Gasteiger partial charge on any atom is 0.255 e. The number of hydrogen-bond donors (Lipinski definition) is 1. The molecule has 2 heterocycles. The van der Waals surface area contributed by atoms with Crippen LogP contribution in [0.25, 0.3) is 0 Å². The molecule has 2 aromatic carbocycles. The monoisotopic (exact) mass is 386 g/mol. The minimum atomic E-state index is -0.106. The van der Waals surface area contributed by atoms with Gasteiger partial charge in [-0.15, -0.1) is 0 Å². The van der Waals surface area contributed by atoms with Crippen LogP contribution in [0.5, 0.6) is 0 Å². The number of rotatable bonds is 4. The maximum atomic E-state index is 12.8. The van der Waals surface area contributed by atoms with Crippen molar-refractivity contribution in [1.82, 2.24) is 4.98 Å². The van der Waals surface area contributed by atoms with Gasteiger partial charge in [0.05, 0.1) is 0 Å². The lowest BCUT2D eigenvalue weighted by Gasteiger charge is -2.36. The van der Waals surface area contributed by atoms with Crippen molar-refractivity contribution < 1.29 is 4.79 Å². The lowest BCUT2D eigenvalue weighted by atomic mass is 10.1. The Hall–Kier alpha value is -3.34. The van der Waals surface area contributed by atoms with Crippen LogP contribution < -0.4 is 15.1 Å². The summed E-state index contributed by atoms with van der Waals surface area (Å²) >= 11 is 0. The summed E-state index contributed by atoms with van der Waals surface area (Å²) in [5, 5.41) is 3.03. The number of para-hydroxylation sites is 1. The number of aryl methyl sites for hydroxylation is 2. The first-order valence-corrected chi connectivity index (χ1v) is 10.00. The Labute approximate surface area is 172 Å². The molecule has 0 saturated carbocycles. The Kier molecular flexibility index (Phi) is 5.47. The molecule has 0 aliphatic carbocycles. The van der Waals surface area contributed by atoms with Crippen LogP contribution in [0.1, 0.15) is 21.5 Å². The molecule has 0 radical (unpaired) electrons. The molecule has 3 aromatic rings. The van der Waals surface area contributed by atoms with E-state index in [2.05, 4.69) is 44.4 Å². The van der Waals surface area contributed by atoms with Crippen LogP contribution in [0.2, 0.25) is 0 Å². The van der Waals surface area contributed by atoms with Gasteiger partial charge in [-0.25, -0.2) is 4.98 Å². The molecule has 0 spiro atoms. The van der Waals surface area contributed by atoms with Gasteiger partial charge in [-0.05, 0) is 55.3 Å². The number of carbonyl (C=O) groups is 1. The summed E-state index contributed by atoms with van der Waals surface area (Å²) in [6.45, 7) is 7.65. The number of aromatic nitrogens is 1. The van der Waals surface area contributed by atoms with E-state index in [1.165, 1.54) is 5.69 Å². The predicted octanol–water partition coefficient (Wildman–Crippen LogP) is 4.28. The first-order valence-electron chi connectivity index (χ1n) is 10.00. The Morgan fingerprint density at radius 2 is 1.62 bits per heavy atom. The number of pyridine rings is 1. The normalized spacial score (nSPS) is 14.0. The molecule has 0 atom stereocenters. The SMILES string of the molecule is Cc1ccc(C)c(NC(=O)c2ccnc(N3CCN(c4ccccc4)CC3)c2)c1. The lowest BCUT2D eigenvalue weighted by Crippen LogP contribution is -2.46. The fourth-order valence-corrected chi connectivity index (χ4v) is 3.63. The molecule has 5 nitrogen and oxygen atoms in total. The summed E-state index contributed by atoms with van der Waals surface area (Å²) in [4.78, 5) is 21.9. The zero-order chi connectivity index (χ0) is 20.2. The molecule has 0 unspecified atom stereocenters. The Morgan fingerprint density at radius 3 is 2.38 bits per heavy atom. The van der Waals surface area contributed by atoms with Gasteiger partial charge in [0.15, 0.2) is 0 Å². The second-order valence-electron chi connectivity index (χ2n) is 7.48. The van der Waals surface area contributed by atoms with E-state index in [1.807, 2.05) is 44.2 Å². The Balaban J connectivity index is 1.44. The van der Waals surface area contributed by atoms with Crippen molar-refractivity contribution in [3.05, 3.63) is 83.6 Å². The van der Waals surface area contributed by atoms with Crippen molar-refractivity contribution in [3.63, 3.8) is 0 Å². The van der Waals surface area contributed by atoms with Crippen LogP contribution >= 0.6 is 0 Å². The molecule has 1 fully saturated rings. The van der Waals surface area contributed by atoms with Crippen LogP contribution in [-0.4, -0.2) is 37.1 Å². The van der Waals surface area contributed by atoms with E-state index in [1.54, 1.807) is 12.3 Å². The van der Waals surface area contributed by atoms with Crippen molar-refractivity contribution in [1.29, 1.82) is 0 Å². The molecule has 5 heteroatoms. The van der Waals surface area contributed by atoms with E-state index in [9.17, 15) is 4.79 Å². The van der Waals surface area contributed by atoms with E-state index >= 15 is 0 Å². The second-order valence-corrected chi connectivity index (χ2v) is 7.48. The third kappa shape index (κ3) is 4.40. The first kappa shape index (κ1) is 19.0. The molecule has 1 aliphatic heterocycles. The van der Waals surface area contributed by atoms with Gasteiger partial charge >= 0.3 is 0 Å². The Morgan fingerprint density at radius 1 is 0.897 bits per heavy atom. The number of nitrogens with one attached hydrogen (secondary N) is 1. The fourth-order valence-electron chi connectivity index (χ4n) is 3.63. The number of carbonyl (C=O) groups excluding carboxylic acids is 1. The van der Waals surface area contributed by atoms with Crippen molar-refractivity contribution in [2.75, 3.05) is 41.3 Å². The molecule has 1 aliphatic rings. The van der Waals surface area contributed by atoms with Crippen LogP contribution in [0, 0.1) is 13.8 Å². The summed E-state index contributed by atoms with van der Waals surface area (Å²) < 4.78 is 0. The molecule has 1 saturated heterocycles. The number of hydrogen-bond acceptors (Lipinski definition) is 4. The quantitative estimate of drug-likeness (QED) is 0.727. The van der Waals surface area contributed by atoms with Crippen LogP contribution in [0.3, 0.4) is 0 Å². The Bertz CT molecular complexity index is 995. The zero-order valence-corrected chi connectivity index (χ0v) is 16.9. The summed E-state index contributed by atoms with van der Waals surface area (Å²) in [7, 11) is 0. The van der Waals surface area contributed by atoms with Gasteiger partial charge in [-0.2, -0.15) is 0 Å². The number of piperazine rings is 1. The number of benzene rings is 2. The van der Waals surface area contributed by atoms with E-state index in [0.717, 1.165) is 48.8 Å². The van der Waals surface area contributed by atoms with Crippen LogP contribution in [0.4, 0.5) is 17.2 Å². The van der Waals surface area contributed by atoms with Gasteiger partial charge in [0, 0.05) is 49.3 Å². The van der Waals surface area contributed by atoms with E-state index in [0.29, 0.717) is 5.56 Å². The fraction of sp³-hybridized carbons (Fsp3) is 0.250. The van der Waals surface area contributed by atoms with Crippen molar-refractivity contribution in [3.8, 4) is 0 Å². The van der Waals surface area contributed by atoms with Gasteiger partial charge in [0.1, 0.15) is 5.82 Å². The highest BCUT2D eigenvalue weighted by atomic mass is 16.1. The van der Waals surface area contributed by atoms with Gasteiger partial charge < -0.3 is 15.1 Å². The molecule has 4 rings (SSSR count). The molecule has 1 amide bonds. The highest BCUT2D eigenvalue weighted by Crippen LogP contribution is 2.21. The van der Waals surface area contributed by atoms with Crippen molar-refractivity contribution in [2.45, 2.75) is 13.8 Å². The van der Waals surface area contributed by atoms with E-state index in [4.69, 9.17) is 0 Å². The second kappa shape index (κ2) is 8.35. The average Bonchev–Trinajstić information content (AvgIpc) is 2.77. The predicted molar refractivity (Wildman–Crippen MR) is 119 cm³/mol. The van der Waals surface area contributed by atoms with Crippen molar-refractivity contribution >= 4 is 23.1 Å². The zero-order valence-electron chi connectivity index (χ0n) is 16.9. The molecular formula is C24H26N4O. The van der Waals surface area contributed by atoms with E-state index < -0.39 is 0 Å². The molecule has 1 aromatic heterocycles. The minimum Gasteiger partial charge on any atom is -0.368 e. The molecule has 148 valence electrons. The smallest absolute Gasteiger partial charge is 0.255 e. The highest BCUT2D eigenvalue weighted by Gasteiger charge is 2.19. The van der Waals surface area contributed by atoms with Gasteiger partial charge in [-0.1, -0.05) is 30.3 Å². The standard InChI is InChI=1S/C24H26N4O/c1-18-8-9-19(2)22(16-18)26-24(29)20-10-11-25-23(17-20)28-14-12-27(13-15-28)21-6-4-3-5-7-21/h3-11,16-17H,12-15H2,1-2H3,(H,26,29). The average molecular weight is 386 g/mol. The summed E-state index contributed by atoms with van der Waals surface area (Å²) in [6.07, 6.45) is 1.72. The summed E-state index contributed by atoms with van der Waals surface area (Å²) in [5.74, 6) is 0.747. The molecule has 29 heavy (non-hydrogen) atoms. The van der Waals surface area contributed by atoms with E-state index in [-0.39, 0.29) is 5.91 Å². The molecule has 0 bridgehead atoms. The third-order valence-corrected chi connectivity index (χ3v) is 5.37. The first-order chi connectivity index (χ1) is 14.1.